The molecule has 2 nitrogen and oxygen atoms in total. The molecule has 0 saturated heterocycles. The molecule has 0 amide bonds. The van der Waals surface area contributed by atoms with Gasteiger partial charge in [-0.2, -0.15) is 0 Å². The molecule has 0 bridgehead atoms. The smallest absolute Gasteiger partial charge is 0.138 e. The van der Waals surface area contributed by atoms with Gasteiger partial charge >= 0.3 is 0 Å². The minimum Gasteiger partial charge on any atom is -0.487 e. The van der Waals surface area contributed by atoms with E-state index in [1.807, 2.05) is 42.5 Å². The molecule has 0 spiro atoms. The zero-order valence-corrected chi connectivity index (χ0v) is 12.0. The van der Waals surface area contributed by atoms with Crippen LogP contribution in [-0.2, 0) is 13.2 Å². The summed E-state index contributed by atoms with van der Waals surface area (Å²) in [5, 5.41) is 0.591. The van der Waals surface area contributed by atoms with Crippen LogP contribution in [0.5, 0.6) is 5.75 Å². The van der Waals surface area contributed by atoms with Crippen LogP contribution in [0.2, 0.25) is 5.02 Å². The van der Waals surface area contributed by atoms with Gasteiger partial charge in [0.1, 0.15) is 12.4 Å². The van der Waals surface area contributed by atoms with Gasteiger partial charge in [0.15, 0.2) is 0 Å². The Kier molecular flexibility index (Phi) is 4.64. The van der Waals surface area contributed by atoms with Gasteiger partial charge < -0.3 is 10.5 Å². The second kappa shape index (κ2) is 6.23. The van der Waals surface area contributed by atoms with Crippen LogP contribution in [0.1, 0.15) is 11.1 Å². The highest BCUT2D eigenvalue weighted by atomic mass is 79.9. The highest BCUT2D eigenvalue weighted by molar-refractivity contribution is 9.10. The molecule has 94 valence electrons. The van der Waals surface area contributed by atoms with Gasteiger partial charge in [-0.05, 0) is 35.4 Å². The van der Waals surface area contributed by atoms with Crippen molar-refractivity contribution in [3.05, 3.63) is 63.1 Å². The number of nitrogens with two attached hydrogens (primary N) is 1. The molecular weight excluding hydrogens is 314 g/mol. The van der Waals surface area contributed by atoms with Crippen LogP contribution in [0.4, 0.5) is 0 Å². The molecule has 0 atom stereocenters. The third-order valence-electron chi connectivity index (χ3n) is 2.52. The molecular formula is C14H13BrClNO. The van der Waals surface area contributed by atoms with Crippen LogP contribution >= 0.6 is 27.5 Å². The largest absolute Gasteiger partial charge is 0.487 e. The van der Waals surface area contributed by atoms with Crippen LogP contribution in [0, 0.1) is 0 Å². The van der Waals surface area contributed by atoms with Crippen molar-refractivity contribution in [2.45, 2.75) is 13.2 Å². The summed E-state index contributed by atoms with van der Waals surface area (Å²) in [4.78, 5) is 0. The topological polar surface area (TPSA) is 35.2 Å². The van der Waals surface area contributed by atoms with E-state index in [1.54, 1.807) is 0 Å². The van der Waals surface area contributed by atoms with E-state index in [1.165, 1.54) is 0 Å². The highest BCUT2D eigenvalue weighted by Crippen LogP contribution is 2.26. The third-order valence-corrected chi connectivity index (χ3v) is 3.30. The average molecular weight is 327 g/mol. The van der Waals surface area contributed by atoms with Crippen LogP contribution < -0.4 is 10.5 Å². The molecule has 0 aliphatic heterocycles. The van der Waals surface area contributed by atoms with Crippen LogP contribution in [0.15, 0.2) is 46.9 Å². The Bertz CT molecular complexity index is 545. The van der Waals surface area contributed by atoms with E-state index in [0.717, 1.165) is 15.6 Å². The molecule has 0 saturated carbocycles. The summed E-state index contributed by atoms with van der Waals surface area (Å²) in [5.41, 5.74) is 7.63. The van der Waals surface area contributed by atoms with Crippen molar-refractivity contribution in [2.75, 3.05) is 0 Å². The van der Waals surface area contributed by atoms with Crippen LogP contribution in [0.3, 0.4) is 0 Å². The van der Waals surface area contributed by atoms with E-state index in [2.05, 4.69) is 15.9 Å². The Hall–Kier alpha value is -1.03. The van der Waals surface area contributed by atoms with Gasteiger partial charge in [0.25, 0.3) is 0 Å². The van der Waals surface area contributed by atoms with Gasteiger partial charge in [-0.15, -0.1) is 0 Å². The predicted octanol–water partition coefficient (Wildman–Crippen LogP) is 4.14. The number of rotatable bonds is 4. The van der Waals surface area contributed by atoms with E-state index >= 15 is 0 Å². The maximum absolute atomic E-state index is 6.12. The summed E-state index contributed by atoms with van der Waals surface area (Å²) >= 11 is 9.54. The first-order valence-electron chi connectivity index (χ1n) is 5.55. The lowest BCUT2D eigenvalue weighted by molar-refractivity contribution is 0.306. The molecule has 2 aromatic carbocycles. The maximum Gasteiger partial charge on any atom is 0.138 e. The van der Waals surface area contributed by atoms with E-state index in [9.17, 15) is 0 Å². The van der Waals surface area contributed by atoms with E-state index < -0.39 is 0 Å². The number of hydrogen-bond acceptors (Lipinski definition) is 2. The van der Waals surface area contributed by atoms with Gasteiger partial charge in [0, 0.05) is 11.0 Å². The first-order valence-corrected chi connectivity index (χ1v) is 6.72. The Morgan fingerprint density at radius 2 is 1.94 bits per heavy atom. The van der Waals surface area contributed by atoms with Gasteiger partial charge in [-0.1, -0.05) is 45.7 Å². The first kappa shape index (κ1) is 13.4. The lowest BCUT2D eigenvalue weighted by atomic mass is 10.2. The monoisotopic (exact) mass is 325 g/mol. The van der Waals surface area contributed by atoms with Gasteiger partial charge in [-0.25, -0.2) is 0 Å². The highest BCUT2D eigenvalue weighted by Gasteiger charge is 2.03. The molecule has 2 rings (SSSR count). The third kappa shape index (κ3) is 3.48. The summed E-state index contributed by atoms with van der Waals surface area (Å²) in [7, 11) is 0. The maximum atomic E-state index is 6.12. The van der Waals surface area contributed by atoms with Crippen LogP contribution in [0.25, 0.3) is 0 Å². The first-order chi connectivity index (χ1) is 8.69. The molecule has 0 aromatic heterocycles. The zero-order chi connectivity index (χ0) is 13.0. The Labute approximate surface area is 120 Å². The second-order valence-corrected chi connectivity index (χ2v) is 5.21. The van der Waals surface area contributed by atoms with Crippen molar-refractivity contribution in [3.8, 4) is 5.75 Å². The quantitative estimate of drug-likeness (QED) is 0.916. The van der Waals surface area contributed by atoms with Gasteiger partial charge in [-0.3, -0.25) is 0 Å². The fraction of sp³-hybridized carbons (Fsp3) is 0.143. The molecule has 0 aliphatic rings. The van der Waals surface area contributed by atoms with E-state index in [4.69, 9.17) is 22.1 Å². The molecule has 2 N–H and O–H groups in total. The summed E-state index contributed by atoms with van der Waals surface area (Å²) < 4.78 is 6.72. The summed E-state index contributed by atoms with van der Waals surface area (Å²) in [6, 6.07) is 13.6. The number of ether oxygens (including phenoxy) is 1. The van der Waals surface area contributed by atoms with Gasteiger partial charge in [0.05, 0.1) is 5.02 Å². The molecule has 0 fully saturated rings. The SMILES string of the molecule is NCc1ccc(OCc2cccc(Br)c2)c(Cl)c1. The molecule has 0 aliphatic carbocycles. The fourth-order valence-electron chi connectivity index (χ4n) is 1.58. The number of halogens is 2. The Morgan fingerprint density at radius 3 is 2.61 bits per heavy atom. The van der Waals surface area contributed by atoms with Crippen molar-refractivity contribution in [3.63, 3.8) is 0 Å². The van der Waals surface area contributed by atoms with Crippen molar-refractivity contribution in [1.82, 2.24) is 0 Å². The molecule has 2 aromatic rings. The minimum atomic E-state index is 0.478. The molecule has 0 heterocycles. The minimum absolute atomic E-state index is 0.478. The molecule has 4 heteroatoms. The van der Waals surface area contributed by atoms with Crippen LogP contribution in [-0.4, -0.2) is 0 Å². The van der Waals surface area contributed by atoms with Crippen molar-refractivity contribution in [2.24, 2.45) is 5.73 Å². The van der Waals surface area contributed by atoms with Gasteiger partial charge in [0.2, 0.25) is 0 Å². The van der Waals surface area contributed by atoms with Crippen molar-refractivity contribution in [1.29, 1.82) is 0 Å². The molecule has 0 radical (unpaired) electrons. The Morgan fingerprint density at radius 1 is 1.11 bits per heavy atom. The standard InChI is InChI=1S/C14H13BrClNO/c15-12-3-1-2-11(6-12)9-18-14-5-4-10(8-17)7-13(14)16/h1-7H,8-9,17H2. The second-order valence-electron chi connectivity index (χ2n) is 3.89. The molecule has 18 heavy (non-hydrogen) atoms. The average Bonchev–Trinajstić information content (AvgIpc) is 2.37. The lowest BCUT2D eigenvalue weighted by Gasteiger charge is -2.09. The summed E-state index contributed by atoms with van der Waals surface area (Å²) in [6.07, 6.45) is 0. The predicted molar refractivity (Wildman–Crippen MR) is 77.8 cm³/mol. The summed E-state index contributed by atoms with van der Waals surface area (Å²) in [6.45, 7) is 0.965. The van der Waals surface area contributed by atoms with Crippen molar-refractivity contribution < 1.29 is 4.74 Å². The lowest BCUT2D eigenvalue weighted by Crippen LogP contribution is -1.98. The summed E-state index contributed by atoms with van der Waals surface area (Å²) in [5.74, 6) is 0.675. The number of hydrogen-bond donors (Lipinski definition) is 1. The normalized spacial score (nSPS) is 10.4. The number of benzene rings is 2. The molecule has 0 unspecified atom stereocenters. The Balaban J connectivity index is 2.06. The zero-order valence-electron chi connectivity index (χ0n) is 9.70. The van der Waals surface area contributed by atoms with E-state index in [0.29, 0.717) is 23.9 Å². The fourth-order valence-corrected chi connectivity index (χ4v) is 2.28. The van der Waals surface area contributed by atoms with E-state index in [-0.39, 0.29) is 0 Å². The van der Waals surface area contributed by atoms with Crippen molar-refractivity contribution >= 4 is 27.5 Å².